The van der Waals surface area contributed by atoms with E-state index in [0.29, 0.717) is 103 Å². The average molecular weight is 1050 g/mol. The Labute approximate surface area is 443 Å². The van der Waals surface area contributed by atoms with Crippen LogP contribution in [0.4, 0.5) is 21.5 Å². The highest BCUT2D eigenvalue weighted by Gasteiger charge is 2.32. The molecule has 2 amide bonds. The highest BCUT2D eigenvalue weighted by atomic mass is 35.5. The number of rotatable bonds is 10. The Hall–Kier alpha value is -6.11. The van der Waals surface area contributed by atoms with Crippen LogP contribution in [0.5, 0.6) is 0 Å². The normalized spacial score (nSPS) is 18.6. The largest absolute Gasteiger partial charge is 0.444 e. The molecule has 19 heteroatoms. The molecule has 400 valence electrons. The van der Waals surface area contributed by atoms with Crippen molar-refractivity contribution >= 4 is 79.3 Å². The van der Waals surface area contributed by atoms with Crippen molar-refractivity contribution in [2.75, 3.05) is 83.1 Å². The molecule has 5 fully saturated rings. The van der Waals surface area contributed by atoms with E-state index in [-0.39, 0.29) is 35.4 Å². The van der Waals surface area contributed by atoms with Crippen molar-refractivity contribution in [3.8, 4) is 0 Å². The molecular formula is C56H73ClN12O6. The Kier molecular flexibility index (Phi) is 15.0. The summed E-state index contributed by atoms with van der Waals surface area (Å²) in [7, 11) is 2.16. The van der Waals surface area contributed by atoms with Crippen molar-refractivity contribution in [2.24, 2.45) is 11.8 Å². The topological polar surface area (TPSA) is 185 Å². The monoisotopic (exact) mass is 1040 g/mol. The lowest BCUT2D eigenvalue weighted by atomic mass is 10.0. The molecule has 18 nitrogen and oxygen atoms in total. The summed E-state index contributed by atoms with van der Waals surface area (Å²) in [5, 5.41) is 11.9. The number of likely N-dealkylation sites (tertiary alicyclic amines) is 2. The quantitative estimate of drug-likeness (QED) is 0.124. The summed E-state index contributed by atoms with van der Waals surface area (Å²) >= 11 is 6.24. The maximum Gasteiger partial charge on any atom is 0.410 e. The van der Waals surface area contributed by atoms with E-state index in [1.54, 1.807) is 32.7 Å². The maximum atomic E-state index is 14.3. The lowest BCUT2D eigenvalue weighted by Gasteiger charge is -2.34. The van der Waals surface area contributed by atoms with Crippen molar-refractivity contribution in [3.05, 3.63) is 80.1 Å². The number of halogens is 1. The van der Waals surface area contributed by atoms with Crippen LogP contribution in [-0.2, 0) is 16.0 Å². The van der Waals surface area contributed by atoms with Crippen molar-refractivity contribution in [3.63, 3.8) is 0 Å². The average Bonchev–Trinajstić information content (AvgIpc) is 4.34. The lowest BCUT2D eigenvalue weighted by Crippen LogP contribution is -2.44. The van der Waals surface area contributed by atoms with Gasteiger partial charge in [0.25, 0.3) is 11.1 Å². The number of benzene rings is 2. The smallest absolute Gasteiger partial charge is 0.410 e. The van der Waals surface area contributed by atoms with Gasteiger partial charge in [-0.15, -0.1) is 0 Å². The molecule has 2 aliphatic carbocycles. The van der Waals surface area contributed by atoms with Gasteiger partial charge in [0.05, 0.1) is 0 Å². The fraction of sp³-hybridized carbons (Fsp3) is 0.571. The number of fused-ring (bicyclic) bond motifs is 6. The first-order valence-corrected chi connectivity index (χ1v) is 27.4. The first-order valence-electron chi connectivity index (χ1n) is 27.0. The van der Waals surface area contributed by atoms with Crippen molar-refractivity contribution in [1.82, 2.24) is 48.7 Å². The number of aromatic nitrogens is 6. The molecule has 11 rings (SSSR count). The van der Waals surface area contributed by atoms with Gasteiger partial charge in [-0.3, -0.25) is 23.6 Å². The summed E-state index contributed by atoms with van der Waals surface area (Å²) in [6.45, 7) is 20.0. The van der Waals surface area contributed by atoms with Crippen LogP contribution in [0.2, 0.25) is 5.02 Å². The van der Waals surface area contributed by atoms with Gasteiger partial charge in [0.15, 0.2) is 0 Å². The van der Waals surface area contributed by atoms with Gasteiger partial charge < -0.3 is 34.8 Å². The van der Waals surface area contributed by atoms with Crippen LogP contribution in [0.3, 0.4) is 0 Å². The maximum absolute atomic E-state index is 14.3. The standard InChI is InChI=1S/C31H43N7O3.C25H30ClN5O3/c1-31(2,3)41-30(40)37-11-9-23(10-12-37)38-27-26(19-33-29(34-27)32-18-21-5-6-21)24-8-7-22(17-25(24)28(38)39)20-36-15-13-35(4)14-16-36;1-25(2,3)34-24(33)30-10-8-17(9-11-30)31-21-20(14-28-23(29-21)27-13-15-4-5-15)18-7-6-16(26)12-19(18)22(31)32/h7-8,17,19,21,23H,5-6,9-16,18,20H2,1-4H3,(H,32,33,34);6-7,12,14-15,17H,4-5,8-11,13H2,1-3H3,(H,27,28,29). The summed E-state index contributed by atoms with van der Waals surface area (Å²) < 4.78 is 14.8. The zero-order valence-corrected chi connectivity index (χ0v) is 45.4. The number of nitrogens with zero attached hydrogens (tertiary/aromatic N) is 10. The number of nitrogens with one attached hydrogen (secondary N) is 2. The molecule has 75 heavy (non-hydrogen) atoms. The summed E-state index contributed by atoms with van der Waals surface area (Å²) in [6, 6.07) is 11.5. The Bertz CT molecular complexity index is 3210. The molecule has 7 heterocycles. The molecular weight excluding hydrogens is 972 g/mol. The minimum atomic E-state index is -0.542. The van der Waals surface area contributed by atoms with E-state index >= 15 is 0 Å². The second kappa shape index (κ2) is 21.5. The van der Waals surface area contributed by atoms with E-state index in [1.165, 1.54) is 25.7 Å². The van der Waals surface area contributed by atoms with E-state index in [0.717, 1.165) is 72.9 Å². The molecule has 3 saturated heterocycles. The number of carbonyl (C=O) groups excluding carboxylic acids is 2. The zero-order valence-electron chi connectivity index (χ0n) is 44.7. The summed E-state index contributed by atoms with van der Waals surface area (Å²) in [5.41, 5.74) is 1.21. The van der Waals surface area contributed by atoms with Gasteiger partial charge in [-0.25, -0.2) is 19.6 Å². The number of carbonyl (C=O) groups is 2. The molecule has 0 unspecified atom stereocenters. The number of amides is 2. The molecule has 4 aromatic heterocycles. The number of pyridine rings is 2. The fourth-order valence-electron chi connectivity index (χ4n) is 10.5. The van der Waals surface area contributed by atoms with Gasteiger partial charge in [-0.1, -0.05) is 29.8 Å². The van der Waals surface area contributed by atoms with Gasteiger partial charge in [0, 0.05) is 123 Å². The molecule has 0 spiro atoms. The molecule has 5 aliphatic rings. The molecule has 2 aromatic carbocycles. The van der Waals surface area contributed by atoms with E-state index in [2.05, 4.69) is 55.6 Å². The Balaban J connectivity index is 0.000000174. The van der Waals surface area contributed by atoms with E-state index in [9.17, 15) is 19.2 Å². The molecule has 2 saturated carbocycles. The van der Waals surface area contributed by atoms with E-state index in [1.807, 2.05) is 58.4 Å². The second-order valence-electron chi connectivity index (χ2n) is 23.4. The Morgan fingerprint density at radius 3 is 1.47 bits per heavy atom. The van der Waals surface area contributed by atoms with Crippen LogP contribution in [0, 0.1) is 11.8 Å². The Morgan fingerprint density at radius 1 is 0.587 bits per heavy atom. The zero-order chi connectivity index (χ0) is 52.8. The predicted octanol–water partition coefficient (Wildman–Crippen LogP) is 9.08. The van der Waals surface area contributed by atoms with Gasteiger partial charge in [-0.2, -0.15) is 9.97 Å². The second-order valence-corrected chi connectivity index (χ2v) is 23.8. The highest BCUT2D eigenvalue weighted by Crippen LogP contribution is 2.34. The number of hydrogen-bond acceptors (Lipinski definition) is 14. The van der Waals surface area contributed by atoms with Crippen molar-refractivity contribution < 1.29 is 19.1 Å². The summed E-state index contributed by atoms with van der Waals surface area (Å²) in [5.74, 6) is 2.46. The third-order valence-electron chi connectivity index (χ3n) is 15.0. The van der Waals surface area contributed by atoms with Crippen molar-refractivity contribution in [2.45, 2.75) is 123 Å². The molecule has 0 radical (unpaired) electrons. The van der Waals surface area contributed by atoms with E-state index in [4.69, 9.17) is 31.0 Å². The van der Waals surface area contributed by atoms with Crippen molar-refractivity contribution in [1.29, 1.82) is 0 Å². The first-order chi connectivity index (χ1) is 35.8. The third kappa shape index (κ3) is 12.4. The lowest BCUT2D eigenvalue weighted by molar-refractivity contribution is 0.0178. The number of piperazine rings is 1. The number of ether oxygens (including phenoxy) is 2. The highest BCUT2D eigenvalue weighted by molar-refractivity contribution is 6.31. The third-order valence-corrected chi connectivity index (χ3v) is 15.2. The van der Waals surface area contributed by atoms with Gasteiger partial charge in [0.1, 0.15) is 22.5 Å². The molecule has 0 atom stereocenters. The van der Waals surface area contributed by atoms with Gasteiger partial charge in [0.2, 0.25) is 11.9 Å². The fourth-order valence-corrected chi connectivity index (χ4v) is 10.6. The molecule has 2 N–H and O–H groups in total. The summed E-state index contributed by atoms with van der Waals surface area (Å²) in [6.07, 6.45) is 10.6. The minimum Gasteiger partial charge on any atom is -0.444 e. The number of hydrogen-bond donors (Lipinski definition) is 2. The molecule has 0 bridgehead atoms. The number of likely N-dealkylation sites (N-methyl/N-ethyl adjacent to an activating group) is 1. The van der Waals surface area contributed by atoms with Gasteiger partial charge >= 0.3 is 12.2 Å². The van der Waals surface area contributed by atoms with Gasteiger partial charge in [-0.05, 0) is 146 Å². The van der Waals surface area contributed by atoms with Crippen LogP contribution in [0.15, 0.2) is 58.4 Å². The molecule has 6 aromatic rings. The molecule has 3 aliphatic heterocycles. The van der Waals surface area contributed by atoms with Crippen LogP contribution < -0.4 is 21.8 Å². The minimum absolute atomic E-state index is 0.0183. The van der Waals surface area contributed by atoms with Crippen LogP contribution >= 0.6 is 11.6 Å². The number of anilines is 2. The number of piperidine rings is 2. The predicted molar refractivity (Wildman–Crippen MR) is 295 cm³/mol. The summed E-state index contributed by atoms with van der Waals surface area (Å²) in [4.78, 5) is 80.3. The first kappa shape index (κ1) is 52.3. The Morgan fingerprint density at radius 2 is 1.03 bits per heavy atom. The van der Waals surface area contributed by atoms with Crippen LogP contribution in [0.25, 0.3) is 43.6 Å². The van der Waals surface area contributed by atoms with Crippen LogP contribution in [0.1, 0.15) is 111 Å². The van der Waals surface area contributed by atoms with E-state index < -0.39 is 11.2 Å². The van der Waals surface area contributed by atoms with Crippen LogP contribution in [-0.4, -0.2) is 145 Å². The SMILES string of the molecule is CC(C)(C)OC(=O)N1CCC(n2c(=O)c3cc(Cl)ccc3c3cnc(NCC4CC4)nc32)CC1.CN1CCN(Cc2ccc3c(c2)c(=O)n(C2CCN(C(=O)OC(C)(C)C)CC2)c2nc(NCC4CC4)ncc32)CC1.